The highest BCUT2D eigenvalue weighted by Crippen LogP contribution is 2.40. The van der Waals surface area contributed by atoms with Crippen molar-refractivity contribution < 1.29 is 0 Å². The number of hydrogen-bond acceptors (Lipinski definition) is 4. The highest BCUT2D eigenvalue weighted by Gasteiger charge is 2.17. The van der Waals surface area contributed by atoms with E-state index in [4.69, 9.17) is 10.5 Å². The number of halogens is 1. The second-order valence-electron chi connectivity index (χ2n) is 2.66. The maximum atomic E-state index is 9.03. The van der Waals surface area contributed by atoms with Gasteiger partial charge in [-0.2, -0.15) is 10.5 Å². The summed E-state index contributed by atoms with van der Waals surface area (Å²) in [6.07, 6.45) is 0. The van der Waals surface area contributed by atoms with Gasteiger partial charge >= 0.3 is 0 Å². The van der Waals surface area contributed by atoms with Crippen LogP contribution in [0.5, 0.6) is 0 Å². The number of nitriles is 2. The third-order valence-corrected chi connectivity index (χ3v) is 4.74. The van der Waals surface area contributed by atoms with Crippen molar-refractivity contribution in [3.05, 3.63) is 32.4 Å². The lowest BCUT2D eigenvalue weighted by atomic mass is 10.1. The molecule has 15 heavy (non-hydrogen) atoms. The number of hydrogen-bond donors (Lipinski definition) is 0. The fraction of sp³-hybridized carbons (Fsp3) is 0. The molecule has 0 amide bonds. The van der Waals surface area contributed by atoms with Crippen molar-refractivity contribution in [3.63, 3.8) is 0 Å². The molecule has 2 aromatic heterocycles. The molecule has 0 unspecified atom stereocenters. The van der Waals surface area contributed by atoms with Crippen LogP contribution in [0.1, 0.15) is 11.1 Å². The van der Waals surface area contributed by atoms with E-state index >= 15 is 0 Å². The Hall–Kier alpha value is -1.14. The van der Waals surface area contributed by atoms with E-state index in [9.17, 15) is 0 Å². The first kappa shape index (κ1) is 10.4. The van der Waals surface area contributed by atoms with E-state index in [0.29, 0.717) is 11.1 Å². The average molecular weight is 295 g/mol. The predicted molar refractivity (Wildman–Crippen MR) is 64.8 cm³/mol. The predicted octanol–water partition coefficient (Wildman–Crippen LogP) is 3.98. The first-order valence-electron chi connectivity index (χ1n) is 3.94. The minimum Gasteiger partial charge on any atom is -0.192 e. The highest BCUT2D eigenvalue weighted by molar-refractivity contribution is 9.11. The smallest absolute Gasteiger partial charge is 0.103 e. The molecule has 0 fully saturated rings. The van der Waals surface area contributed by atoms with Gasteiger partial charge in [0.25, 0.3) is 0 Å². The molecular formula is C10H3BrN2S2. The average Bonchev–Trinajstić information content (AvgIpc) is 2.83. The molecule has 0 radical (unpaired) electrons. The van der Waals surface area contributed by atoms with Crippen LogP contribution < -0.4 is 0 Å². The Balaban J connectivity index is 2.71. The molecule has 0 aliphatic carbocycles. The summed E-state index contributed by atoms with van der Waals surface area (Å²) in [6.45, 7) is 0. The summed E-state index contributed by atoms with van der Waals surface area (Å²) < 4.78 is 0.727. The van der Waals surface area contributed by atoms with Gasteiger partial charge in [-0.15, -0.1) is 22.7 Å². The van der Waals surface area contributed by atoms with Gasteiger partial charge in [0.2, 0.25) is 0 Å². The molecule has 2 rings (SSSR count). The molecule has 0 spiro atoms. The fourth-order valence-corrected chi connectivity index (χ4v) is 3.75. The van der Waals surface area contributed by atoms with Crippen molar-refractivity contribution in [3.8, 4) is 21.9 Å². The third kappa shape index (κ3) is 1.70. The Morgan fingerprint density at radius 2 is 1.93 bits per heavy atom. The summed E-state index contributed by atoms with van der Waals surface area (Å²) in [5, 5.41) is 19.9. The van der Waals surface area contributed by atoms with Gasteiger partial charge in [-0.1, -0.05) is 6.07 Å². The second kappa shape index (κ2) is 4.16. The van der Waals surface area contributed by atoms with Crippen molar-refractivity contribution in [1.29, 1.82) is 10.5 Å². The number of thiophene rings is 2. The van der Waals surface area contributed by atoms with Gasteiger partial charge in [-0.25, -0.2) is 0 Å². The minimum absolute atomic E-state index is 0.436. The molecule has 0 saturated carbocycles. The van der Waals surface area contributed by atoms with E-state index in [0.717, 1.165) is 13.5 Å². The normalized spacial score (nSPS) is 9.53. The molecule has 0 saturated heterocycles. The quantitative estimate of drug-likeness (QED) is 0.798. The van der Waals surface area contributed by atoms with Crippen molar-refractivity contribution in [2.75, 3.05) is 0 Å². The topological polar surface area (TPSA) is 47.6 Å². The molecule has 0 aliphatic rings. The minimum atomic E-state index is 0.436. The lowest BCUT2D eigenvalue weighted by Crippen LogP contribution is -1.78. The Kier molecular flexibility index (Phi) is 2.88. The van der Waals surface area contributed by atoms with Gasteiger partial charge < -0.3 is 0 Å². The standard InChI is InChI=1S/C10H3BrN2S2/c11-10-7(5-13)6(4-12)9(15-10)8-2-1-3-14-8/h1-3H. The van der Waals surface area contributed by atoms with E-state index in [1.165, 1.54) is 11.3 Å². The first-order chi connectivity index (χ1) is 7.27. The summed E-state index contributed by atoms with van der Waals surface area (Å²) in [6, 6.07) is 8.01. The molecule has 0 N–H and O–H groups in total. The van der Waals surface area contributed by atoms with Crippen molar-refractivity contribution in [2.24, 2.45) is 0 Å². The zero-order valence-electron chi connectivity index (χ0n) is 7.32. The van der Waals surface area contributed by atoms with Crippen LogP contribution in [0.15, 0.2) is 21.3 Å². The van der Waals surface area contributed by atoms with Crippen LogP contribution in [0.3, 0.4) is 0 Å². The fourth-order valence-electron chi connectivity index (χ4n) is 1.19. The Bertz CT molecular complexity index is 570. The summed E-state index contributed by atoms with van der Waals surface area (Å²) in [5.41, 5.74) is 0.905. The maximum absolute atomic E-state index is 9.03. The van der Waals surface area contributed by atoms with Gasteiger partial charge in [0.05, 0.1) is 19.8 Å². The van der Waals surface area contributed by atoms with E-state index in [1.54, 1.807) is 11.3 Å². The van der Waals surface area contributed by atoms with Gasteiger partial charge in [0.15, 0.2) is 0 Å². The Morgan fingerprint density at radius 3 is 2.47 bits per heavy atom. The van der Waals surface area contributed by atoms with Crippen LogP contribution >= 0.6 is 38.6 Å². The Morgan fingerprint density at radius 1 is 1.20 bits per heavy atom. The van der Waals surface area contributed by atoms with E-state index in [-0.39, 0.29) is 0 Å². The highest BCUT2D eigenvalue weighted by atomic mass is 79.9. The van der Waals surface area contributed by atoms with Crippen LogP contribution in [0.4, 0.5) is 0 Å². The van der Waals surface area contributed by atoms with Gasteiger partial charge in [0.1, 0.15) is 12.1 Å². The number of nitrogens with zero attached hydrogens (tertiary/aromatic N) is 2. The third-order valence-electron chi connectivity index (χ3n) is 1.83. The SMILES string of the molecule is N#Cc1c(Br)sc(-c2cccs2)c1C#N. The zero-order chi connectivity index (χ0) is 10.8. The molecule has 72 valence electrons. The lowest BCUT2D eigenvalue weighted by molar-refractivity contribution is 1.46. The maximum Gasteiger partial charge on any atom is 0.103 e. The van der Waals surface area contributed by atoms with Crippen LogP contribution in [0.25, 0.3) is 9.75 Å². The molecule has 0 bridgehead atoms. The summed E-state index contributed by atoms with van der Waals surface area (Å²) in [4.78, 5) is 1.90. The van der Waals surface area contributed by atoms with Crippen LogP contribution in [0, 0.1) is 22.7 Å². The summed E-state index contributed by atoms with van der Waals surface area (Å²) >= 11 is 6.30. The van der Waals surface area contributed by atoms with Crippen molar-refractivity contribution >= 4 is 38.6 Å². The molecule has 2 heterocycles. The van der Waals surface area contributed by atoms with Crippen molar-refractivity contribution in [1.82, 2.24) is 0 Å². The molecule has 0 aromatic carbocycles. The zero-order valence-corrected chi connectivity index (χ0v) is 10.5. The molecular weight excluding hydrogens is 292 g/mol. The van der Waals surface area contributed by atoms with Gasteiger partial charge in [0, 0.05) is 4.88 Å². The lowest BCUT2D eigenvalue weighted by Gasteiger charge is -1.90. The molecule has 2 aromatic rings. The molecule has 0 atom stereocenters. The van der Waals surface area contributed by atoms with Crippen molar-refractivity contribution in [2.45, 2.75) is 0 Å². The van der Waals surface area contributed by atoms with E-state index in [1.807, 2.05) is 23.6 Å². The number of rotatable bonds is 1. The molecule has 5 heteroatoms. The van der Waals surface area contributed by atoms with Crippen LogP contribution in [0.2, 0.25) is 0 Å². The first-order valence-corrected chi connectivity index (χ1v) is 6.43. The monoisotopic (exact) mass is 294 g/mol. The Labute approximate surface area is 103 Å². The van der Waals surface area contributed by atoms with Crippen LogP contribution in [-0.4, -0.2) is 0 Å². The largest absolute Gasteiger partial charge is 0.192 e. The van der Waals surface area contributed by atoms with E-state index < -0.39 is 0 Å². The molecule has 0 aliphatic heterocycles. The van der Waals surface area contributed by atoms with Crippen LogP contribution in [-0.2, 0) is 0 Å². The van der Waals surface area contributed by atoms with E-state index in [2.05, 4.69) is 22.0 Å². The molecule has 2 nitrogen and oxygen atoms in total. The van der Waals surface area contributed by atoms with Gasteiger partial charge in [-0.3, -0.25) is 0 Å². The summed E-state index contributed by atoms with van der Waals surface area (Å²) in [7, 11) is 0. The van der Waals surface area contributed by atoms with Gasteiger partial charge in [-0.05, 0) is 27.4 Å². The second-order valence-corrected chi connectivity index (χ2v) is 5.94. The summed E-state index contributed by atoms with van der Waals surface area (Å²) in [5.74, 6) is 0.